The smallest absolute Gasteiger partial charge is 0.415 e. The van der Waals surface area contributed by atoms with E-state index in [2.05, 4.69) is 59.3 Å². The van der Waals surface area contributed by atoms with Crippen LogP contribution < -0.4 is 4.90 Å². The van der Waals surface area contributed by atoms with Crippen molar-refractivity contribution in [2.75, 3.05) is 4.90 Å². The predicted octanol–water partition coefficient (Wildman–Crippen LogP) is 6.45. The van der Waals surface area contributed by atoms with Crippen molar-refractivity contribution in [2.24, 2.45) is 0 Å². The Morgan fingerprint density at radius 1 is 1.22 bits per heavy atom. The number of fused-ring (bicyclic) bond motifs is 1. The van der Waals surface area contributed by atoms with Crippen molar-refractivity contribution in [1.82, 2.24) is 0 Å². The molecule has 27 heavy (non-hydrogen) atoms. The van der Waals surface area contributed by atoms with Crippen molar-refractivity contribution in [3.05, 3.63) is 63.6 Å². The largest absolute Gasteiger partial charge is 0.443 e. The molecule has 1 aliphatic heterocycles. The number of halogens is 1. The van der Waals surface area contributed by atoms with Crippen LogP contribution in [-0.4, -0.2) is 17.7 Å². The highest BCUT2D eigenvalue weighted by Gasteiger charge is 2.35. The fraction of sp³-hybridized carbons (Fsp3) is 0.435. The van der Waals surface area contributed by atoms with E-state index in [1.807, 2.05) is 31.7 Å². The van der Waals surface area contributed by atoms with Crippen LogP contribution >= 0.6 is 15.9 Å². The van der Waals surface area contributed by atoms with Gasteiger partial charge in [0.05, 0.1) is 5.69 Å². The van der Waals surface area contributed by atoms with Gasteiger partial charge in [-0.3, -0.25) is 4.90 Å². The molecule has 1 atom stereocenters. The number of aryl methyl sites for hydroxylation is 3. The second-order valence-corrected chi connectivity index (χ2v) is 9.21. The van der Waals surface area contributed by atoms with E-state index in [4.69, 9.17) is 4.74 Å². The number of hydrogen-bond donors (Lipinski definition) is 0. The zero-order valence-corrected chi connectivity index (χ0v) is 18.2. The van der Waals surface area contributed by atoms with Crippen LogP contribution in [0, 0.1) is 6.92 Å². The van der Waals surface area contributed by atoms with Gasteiger partial charge in [-0.15, -0.1) is 0 Å². The number of ether oxygens (including phenoxy) is 1. The zero-order chi connectivity index (χ0) is 19.6. The summed E-state index contributed by atoms with van der Waals surface area (Å²) in [7, 11) is 0. The van der Waals surface area contributed by atoms with Gasteiger partial charge < -0.3 is 4.74 Å². The molecule has 0 fully saturated rings. The lowest BCUT2D eigenvalue weighted by Gasteiger charge is -2.39. The van der Waals surface area contributed by atoms with Crippen LogP contribution in [0.5, 0.6) is 0 Å². The van der Waals surface area contributed by atoms with Gasteiger partial charge in [0.15, 0.2) is 0 Å². The minimum absolute atomic E-state index is 0.146. The highest BCUT2D eigenvalue weighted by atomic mass is 79.9. The maximum absolute atomic E-state index is 13.1. The molecule has 1 unspecified atom stereocenters. The number of carbonyl (C=O) groups is 1. The predicted molar refractivity (Wildman–Crippen MR) is 114 cm³/mol. The first-order valence-corrected chi connectivity index (χ1v) is 10.4. The molecule has 3 rings (SSSR count). The molecule has 4 heteroatoms. The standard InChI is InChI=1S/C23H28BrNO2/c1-16-14-19(24)15-18-11-13-20(12-10-17-8-6-5-7-9-17)25(21(16)18)22(26)27-23(2,3)4/h5-9,14-15,20H,10-13H2,1-4H3. The molecule has 1 aliphatic rings. The fourth-order valence-corrected chi connectivity index (χ4v) is 4.40. The summed E-state index contributed by atoms with van der Waals surface area (Å²) in [4.78, 5) is 15.0. The van der Waals surface area contributed by atoms with E-state index >= 15 is 0 Å². The van der Waals surface area contributed by atoms with E-state index in [9.17, 15) is 4.79 Å². The molecule has 1 amide bonds. The number of nitrogens with zero attached hydrogens (tertiary/aromatic N) is 1. The van der Waals surface area contributed by atoms with Crippen LogP contribution in [0.4, 0.5) is 10.5 Å². The fourth-order valence-electron chi connectivity index (χ4n) is 3.78. The normalized spacial score (nSPS) is 16.8. The molecule has 3 nitrogen and oxygen atoms in total. The van der Waals surface area contributed by atoms with E-state index < -0.39 is 5.60 Å². The van der Waals surface area contributed by atoms with Gasteiger partial charge in [0.2, 0.25) is 0 Å². The first kappa shape index (κ1) is 19.9. The lowest BCUT2D eigenvalue weighted by molar-refractivity contribution is 0.0558. The second-order valence-electron chi connectivity index (χ2n) is 8.30. The summed E-state index contributed by atoms with van der Waals surface area (Å²) in [5.74, 6) is 0. The van der Waals surface area contributed by atoms with E-state index in [1.165, 1.54) is 11.1 Å². The first-order chi connectivity index (χ1) is 12.7. The Morgan fingerprint density at radius 3 is 2.59 bits per heavy atom. The lowest BCUT2D eigenvalue weighted by atomic mass is 9.90. The van der Waals surface area contributed by atoms with Gasteiger partial charge in [0.1, 0.15) is 5.60 Å². The molecule has 144 valence electrons. The minimum Gasteiger partial charge on any atom is -0.443 e. The topological polar surface area (TPSA) is 29.5 Å². The number of amides is 1. The summed E-state index contributed by atoms with van der Waals surface area (Å²) in [5, 5.41) is 0. The summed E-state index contributed by atoms with van der Waals surface area (Å²) in [6.45, 7) is 7.83. The maximum atomic E-state index is 13.1. The third-order valence-corrected chi connectivity index (χ3v) is 5.35. The maximum Gasteiger partial charge on any atom is 0.415 e. The molecular weight excluding hydrogens is 402 g/mol. The van der Waals surface area contributed by atoms with Gasteiger partial charge in [-0.2, -0.15) is 0 Å². The van der Waals surface area contributed by atoms with Crippen LogP contribution in [-0.2, 0) is 17.6 Å². The second kappa shape index (κ2) is 8.05. The van der Waals surface area contributed by atoms with Crippen LogP contribution in [0.25, 0.3) is 0 Å². The van der Waals surface area contributed by atoms with Gasteiger partial charge in [0, 0.05) is 10.5 Å². The Morgan fingerprint density at radius 2 is 1.93 bits per heavy atom. The summed E-state index contributed by atoms with van der Waals surface area (Å²) >= 11 is 3.59. The summed E-state index contributed by atoms with van der Waals surface area (Å²) in [5.41, 5.74) is 4.14. The number of benzene rings is 2. The summed E-state index contributed by atoms with van der Waals surface area (Å²) < 4.78 is 6.84. The molecule has 0 aromatic heterocycles. The molecule has 2 aromatic rings. The van der Waals surface area contributed by atoms with Gasteiger partial charge in [-0.1, -0.05) is 46.3 Å². The molecule has 0 saturated heterocycles. The number of anilines is 1. The Hall–Kier alpha value is -1.81. The molecule has 0 spiro atoms. The van der Waals surface area contributed by atoms with E-state index in [0.29, 0.717) is 0 Å². The van der Waals surface area contributed by atoms with Crippen molar-refractivity contribution in [1.29, 1.82) is 0 Å². The molecular formula is C23H28BrNO2. The van der Waals surface area contributed by atoms with Crippen LogP contribution in [0.3, 0.4) is 0 Å². The van der Waals surface area contributed by atoms with Crippen LogP contribution in [0.1, 0.15) is 50.3 Å². The van der Waals surface area contributed by atoms with E-state index in [0.717, 1.165) is 41.4 Å². The number of hydrogen-bond acceptors (Lipinski definition) is 2. The van der Waals surface area contributed by atoms with E-state index in [-0.39, 0.29) is 12.1 Å². The van der Waals surface area contributed by atoms with Crippen molar-refractivity contribution < 1.29 is 9.53 Å². The average molecular weight is 430 g/mol. The van der Waals surface area contributed by atoms with Crippen molar-refractivity contribution in [2.45, 2.75) is 65.0 Å². The third kappa shape index (κ3) is 4.92. The Bertz CT molecular complexity index is 811. The van der Waals surface area contributed by atoms with Crippen LogP contribution in [0.15, 0.2) is 46.9 Å². The minimum atomic E-state index is -0.512. The molecule has 2 aromatic carbocycles. The van der Waals surface area contributed by atoms with E-state index in [1.54, 1.807) is 0 Å². The van der Waals surface area contributed by atoms with Crippen molar-refractivity contribution in [3.8, 4) is 0 Å². The number of carbonyl (C=O) groups excluding carboxylic acids is 1. The highest BCUT2D eigenvalue weighted by Crippen LogP contribution is 2.38. The van der Waals surface area contributed by atoms with Crippen LogP contribution in [0.2, 0.25) is 0 Å². The molecule has 0 N–H and O–H groups in total. The molecule has 1 heterocycles. The zero-order valence-electron chi connectivity index (χ0n) is 16.6. The van der Waals surface area contributed by atoms with Gasteiger partial charge >= 0.3 is 6.09 Å². The van der Waals surface area contributed by atoms with Gasteiger partial charge in [0.25, 0.3) is 0 Å². The highest BCUT2D eigenvalue weighted by molar-refractivity contribution is 9.10. The number of rotatable bonds is 3. The monoisotopic (exact) mass is 429 g/mol. The molecule has 0 saturated carbocycles. The SMILES string of the molecule is Cc1cc(Br)cc2c1N(C(=O)OC(C)(C)C)C(CCc1ccccc1)CC2. The lowest BCUT2D eigenvalue weighted by Crippen LogP contribution is -2.47. The van der Waals surface area contributed by atoms with Gasteiger partial charge in [-0.05, 0) is 82.2 Å². The Kier molecular flexibility index (Phi) is 5.95. The Labute approximate surface area is 170 Å². The summed E-state index contributed by atoms with van der Waals surface area (Å²) in [6, 6.07) is 14.8. The first-order valence-electron chi connectivity index (χ1n) is 9.60. The quantitative estimate of drug-likeness (QED) is 0.560. The van der Waals surface area contributed by atoms with Gasteiger partial charge in [-0.25, -0.2) is 4.79 Å². The molecule has 0 radical (unpaired) electrons. The average Bonchev–Trinajstić information content (AvgIpc) is 2.58. The molecule has 0 bridgehead atoms. The Balaban J connectivity index is 1.91. The van der Waals surface area contributed by atoms with Crippen molar-refractivity contribution in [3.63, 3.8) is 0 Å². The third-order valence-electron chi connectivity index (χ3n) is 4.90. The van der Waals surface area contributed by atoms with Crippen molar-refractivity contribution >= 4 is 27.7 Å². The summed E-state index contributed by atoms with van der Waals surface area (Å²) in [6.07, 6.45) is 3.57. The molecule has 0 aliphatic carbocycles.